The topological polar surface area (TPSA) is 75.9 Å². The number of carbonyl (C=O) groups excluding carboxylic acids is 1. The van der Waals surface area contributed by atoms with Crippen molar-refractivity contribution in [2.45, 2.75) is 39.3 Å². The van der Waals surface area contributed by atoms with Crippen LogP contribution in [0.15, 0.2) is 16.6 Å². The standard InChI is InChI=1S/C16H21BrFN3O4/c1-10-9-19(5-6-20(10)15(22)25-16(2,3)4)13-8-11(17)7-12(18)14(13)21(23)24/h7-8,10H,5-6,9H2,1-4H3/t10-/m1/s1. The molecular formula is C16H21BrFN3O4. The number of rotatable bonds is 2. The molecule has 1 fully saturated rings. The highest BCUT2D eigenvalue weighted by atomic mass is 79.9. The van der Waals surface area contributed by atoms with Gasteiger partial charge in [0.2, 0.25) is 5.82 Å². The summed E-state index contributed by atoms with van der Waals surface area (Å²) in [5.74, 6) is -0.892. The number of halogens is 2. The maximum absolute atomic E-state index is 14.0. The highest BCUT2D eigenvalue weighted by Gasteiger charge is 2.34. The van der Waals surface area contributed by atoms with Crippen molar-refractivity contribution in [3.63, 3.8) is 0 Å². The van der Waals surface area contributed by atoms with E-state index < -0.39 is 28.1 Å². The predicted octanol–water partition coefficient (Wildman–Crippen LogP) is 3.94. The Morgan fingerprint density at radius 1 is 1.40 bits per heavy atom. The molecule has 9 heteroatoms. The number of anilines is 1. The molecule has 0 radical (unpaired) electrons. The Kier molecular flexibility index (Phi) is 5.55. The van der Waals surface area contributed by atoms with Crippen LogP contribution < -0.4 is 4.90 Å². The summed E-state index contributed by atoms with van der Waals surface area (Å²) in [5.41, 5.74) is -0.950. The van der Waals surface area contributed by atoms with Crippen LogP contribution in [-0.4, -0.2) is 47.2 Å². The second-order valence-corrected chi connectivity index (χ2v) is 7.90. The lowest BCUT2D eigenvalue weighted by Crippen LogP contribution is -2.55. The van der Waals surface area contributed by atoms with E-state index in [0.29, 0.717) is 24.1 Å². The number of hydrogen-bond acceptors (Lipinski definition) is 5. The molecule has 1 saturated heterocycles. The van der Waals surface area contributed by atoms with E-state index in [1.54, 1.807) is 30.6 Å². The SMILES string of the molecule is C[C@@H]1CN(c2cc(Br)cc(F)c2[N+](=O)[O-])CCN1C(=O)OC(C)(C)C. The van der Waals surface area contributed by atoms with Crippen molar-refractivity contribution in [1.82, 2.24) is 4.90 Å². The summed E-state index contributed by atoms with van der Waals surface area (Å²) in [7, 11) is 0. The number of amides is 1. The molecule has 1 aromatic rings. The fraction of sp³-hybridized carbons (Fsp3) is 0.562. The molecule has 0 aliphatic carbocycles. The number of hydrogen-bond donors (Lipinski definition) is 0. The summed E-state index contributed by atoms with van der Waals surface area (Å²) in [6, 6.07) is 2.37. The summed E-state index contributed by atoms with van der Waals surface area (Å²) in [5, 5.41) is 11.2. The van der Waals surface area contributed by atoms with E-state index in [1.807, 2.05) is 6.92 Å². The molecule has 0 N–H and O–H groups in total. The first-order valence-corrected chi connectivity index (χ1v) is 8.67. The maximum Gasteiger partial charge on any atom is 0.410 e. The lowest BCUT2D eigenvalue weighted by atomic mass is 10.1. The average Bonchev–Trinajstić information content (AvgIpc) is 2.43. The zero-order chi connectivity index (χ0) is 18.9. The number of ether oxygens (including phenoxy) is 1. The fourth-order valence-corrected chi connectivity index (χ4v) is 3.16. The van der Waals surface area contributed by atoms with Crippen LogP contribution in [0.5, 0.6) is 0 Å². The molecule has 0 aromatic heterocycles. The largest absolute Gasteiger partial charge is 0.444 e. The fourth-order valence-electron chi connectivity index (χ4n) is 2.74. The third-order valence-corrected chi connectivity index (χ3v) is 4.24. The van der Waals surface area contributed by atoms with Crippen molar-refractivity contribution >= 4 is 33.4 Å². The van der Waals surface area contributed by atoms with Gasteiger partial charge < -0.3 is 14.5 Å². The number of nitrogens with zero attached hydrogens (tertiary/aromatic N) is 3. The summed E-state index contributed by atoms with van der Waals surface area (Å²) in [6.07, 6.45) is -0.422. The van der Waals surface area contributed by atoms with Crippen molar-refractivity contribution in [1.29, 1.82) is 0 Å². The van der Waals surface area contributed by atoms with Gasteiger partial charge in [0.25, 0.3) is 0 Å². The number of benzene rings is 1. The zero-order valence-corrected chi connectivity index (χ0v) is 16.2. The molecule has 0 spiro atoms. The van der Waals surface area contributed by atoms with Gasteiger partial charge >= 0.3 is 11.8 Å². The first-order valence-electron chi connectivity index (χ1n) is 7.87. The van der Waals surface area contributed by atoms with Crippen molar-refractivity contribution in [3.8, 4) is 0 Å². The van der Waals surface area contributed by atoms with Crippen LogP contribution in [-0.2, 0) is 4.74 Å². The van der Waals surface area contributed by atoms with Crippen LogP contribution in [0.3, 0.4) is 0 Å². The number of piperazine rings is 1. The van der Waals surface area contributed by atoms with E-state index in [9.17, 15) is 19.3 Å². The Balaban J connectivity index is 2.21. The minimum absolute atomic E-state index is 0.201. The Labute approximate surface area is 154 Å². The van der Waals surface area contributed by atoms with Crippen LogP contribution in [0.4, 0.5) is 20.6 Å². The first kappa shape index (κ1) is 19.4. The van der Waals surface area contributed by atoms with Crippen molar-refractivity contribution in [2.24, 2.45) is 0 Å². The van der Waals surface area contributed by atoms with Crippen LogP contribution >= 0.6 is 15.9 Å². The lowest BCUT2D eigenvalue weighted by molar-refractivity contribution is -0.386. The highest BCUT2D eigenvalue weighted by Crippen LogP contribution is 2.35. The molecule has 7 nitrogen and oxygen atoms in total. The van der Waals surface area contributed by atoms with Crippen LogP contribution in [0.25, 0.3) is 0 Å². The summed E-state index contributed by atoms with van der Waals surface area (Å²) in [6.45, 7) is 8.23. The molecule has 1 aliphatic rings. The second kappa shape index (κ2) is 7.15. The Hall–Kier alpha value is -1.90. The van der Waals surface area contributed by atoms with Gasteiger partial charge in [-0.1, -0.05) is 15.9 Å². The van der Waals surface area contributed by atoms with E-state index >= 15 is 0 Å². The minimum atomic E-state index is -0.892. The zero-order valence-electron chi connectivity index (χ0n) is 14.6. The predicted molar refractivity (Wildman–Crippen MR) is 95.4 cm³/mol. The van der Waals surface area contributed by atoms with E-state index in [2.05, 4.69) is 15.9 Å². The first-order chi connectivity index (χ1) is 11.5. The molecule has 1 atom stereocenters. The van der Waals surface area contributed by atoms with E-state index in [1.165, 1.54) is 6.07 Å². The Morgan fingerprint density at radius 2 is 2.04 bits per heavy atom. The molecular weight excluding hydrogens is 397 g/mol. The molecule has 138 valence electrons. The Morgan fingerprint density at radius 3 is 2.56 bits per heavy atom. The van der Waals surface area contributed by atoms with Gasteiger partial charge in [-0.25, -0.2) is 4.79 Å². The van der Waals surface area contributed by atoms with Gasteiger partial charge in [0.05, 0.1) is 4.92 Å². The van der Waals surface area contributed by atoms with Crippen molar-refractivity contribution < 1.29 is 18.8 Å². The third kappa shape index (κ3) is 4.59. The van der Waals surface area contributed by atoms with Gasteiger partial charge in [0.1, 0.15) is 11.3 Å². The van der Waals surface area contributed by atoms with Crippen LogP contribution in [0.2, 0.25) is 0 Å². The quantitative estimate of drug-likeness (QED) is 0.537. The number of nitro groups is 1. The van der Waals surface area contributed by atoms with Gasteiger partial charge in [0.15, 0.2) is 0 Å². The van der Waals surface area contributed by atoms with Gasteiger partial charge in [0, 0.05) is 30.1 Å². The molecule has 1 aromatic carbocycles. The molecule has 25 heavy (non-hydrogen) atoms. The van der Waals surface area contributed by atoms with Gasteiger partial charge in [-0.2, -0.15) is 4.39 Å². The molecule has 0 bridgehead atoms. The Bertz CT molecular complexity index is 693. The molecule has 1 aliphatic heterocycles. The number of carbonyl (C=O) groups is 1. The van der Waals surface area contributed by atoms with E-state index in [-0.39, 0.29) is 11.7 Å². The molecule has 0 unspecified atom stereocenters. The normalized spacial score (nSPS) is 18.2. The molecule has 1 heterocycles. The molecule has 2 rings (SSSR count). The van der Waals surface area contributed by atoms with Gasteiger partial charge in [-0.15, -0.1) is 0 Å². The lowest BCUT2D eigenvalue weighted by Gasteiger charge is -2.41. The summed E-state index contributed by atoms with van der Waals surface area (Å²) < 4.78 is 19.8. The summed E-state index contributed by atoms with van der Waals surface area (Å²) in [4.78, 5) is 26.1. The smallest absolute Gasteiger partial charge is 0.410 e. The molecule has 0 saturated carbocycles. The second-order valence-electron chi connectivity index (χ2n) is 6.98. The maximum atomic E-state index is 14.0. The van der Waals surface area contributed by atoms with E-state index in [4.69, 9.17) is 4.74 Å². The van der Waals surface area contributed by atoms with Crippen molar-refractivity contribution in [2.75, 3.05) is 24.5 Å². The highest BCUT2D eigenvalue weighted by molar-refractivity contribution is 9.10. The minimum Gasteiger partial charge on any atom is -0.444 e. The van der Waals surface area contributed by atoms with Gasteiger partial charge in [-0.05, 0) is 39.8 Å². The van der Waals surface area contributed by atoms with Crippen LogP contribution in [0, 0.1) is 15.9 Å². The average molecular weight is 418 g/mol. The van der Waals surface area contributed by atoms with Gasteiger partial charge in [-0.3, -0.25) is 10.1 Å². The monoisotopic (exact) mass is 417 g/mol. The third-order valence-electron chi connectivity index (χ3n) is 3.79. The van der Waals surface area contributed by atoms with Crippen LogP contribution in [0.1, 0.15) is 27.7 Å². The van der Waals surface area contributed by atoms with Crippen molar-refractivity contribution in [3.05, 3.63) is 32.5 Å². The molecule has 1 amide bonds. The number of nitro benzene ring substituents is 1. The van der Waals surface area contributed by atoms with E-state index in [0.717, 1.165) is 6.07 Å². The summed E-state index contributed by atoms with van der Waals surface area (Å²) >= 11 is 3.17.